The number of guanidine groups is 1. The second-order valence-corrected chi connectivity index (χ2v) is 5.20. The third-order valence-corrected chi connectivity index (χ3v) is 3.47. The average molecular weight is 351 g/mol. The van der Waals surface area contributed by atoms with Gasteiger partial charge in [0.25, 0.3) is 0 Å². The summed E-state index contributed by atoms with van der Waals surface area (Å²) in [4.78, 5) is 8.35. The summed E-state index contributed by atoms with van der Waals surface area (Å²) < 4.78 is 13.9. The zero-order chi connectivity index (χ0) is 15.1. The molecule has 110 valence electrons. The van der Waals surface area contributed by atoms with Crippen molar-refractivity contribution in [3.8, 4) is 0 Å². The van der Waals surface area contributed by atoms with E-state index in [0.29, 0.717) is 23.5 Å². The van der Waals surface area contributed by atoms with Crippen LogP contribution in [0, 0.1) is 5.82 Å². The van der Waals surface area contributed by atoms with E-state index < -0.39 is 0 Å². The molecular formula is C15H16BrFN4. The Balaban J connectivity index is 1.86. The summed E-state index contributed by atoms with van der Waals surface area (Å²) in [5, 5.41) is 6.29. The fourth-order valence-corrected chi connectivity index (χ4v) is 1.98. The Bertz CT molecular complexity index is 616. The van der Waals surface area contributed by atoms with Crippen molar-refractivity contribution in [3.05, 3.63) is 64.1 Å². The van der Waals surface area contributed by atoms with Gasteiger partial charge < -0.3 is 10.6 Å². The standard InChI is InChI=1S/C15H16BrFN4/c1-18-15(21-10-12-4-2-3-7-19-12)20-9-11-5-6-13(16)14(17)8-11/h2-8H,9-10H2,1H3,(H2,18,20,21). The van der Waals surface area contributed by atoms with Crippen molar-refractivity contribution in [2.75, 3.05) is 7.05 Å². The van der Waals surface area contributed by atoms with Gasteiger partial charge >= 0.3 is 0 Å². The minimum Gasteiger partial charge on any atom is -0.352 e. The topological polar surface area (TPSA) is 49.3 Å². The van der Waals surface area contributed by atoms with Gasteiger partial charge in [0.2, 0.25) is 0 Å². The minimum atomic E-state index is -0.272. The first kappa shape index (κ1) is 15.4. The van der Waals surface area contributed by atoms with Gasteiger partial charge in [-0.25, -0.2) is 4.39 Å². The van der Waals surface area contributed by atoms with Gasteiger partial charge in [-0.2, -0.15) is 0 Å². The van der Waals surface area contributed by atoms with Crippen molar-refractivity contribution in [2.45, 2.75) is 13.1 Å². The van der Waals surface area contributed by atoms with Crippen LogP contribution in [0.5, 0.6) is 0 Å². The molecule has 0 fully saturated rings. The number of halogens is 2. The molecule has 0 saturated carbocycles. The summed E-state index contributed by atoms with van der Waals surface area (Å²) >= 11 is 3.14. The molecule has 0 atom stereocenters. The lowest BCUT2D eigenvalue weighted by Crippen LogP contribution is -2.36. The Kier molecular flexibility index (Phi) is 5.68. The van der Waals surface area contributed by atoms with Crippen LogP contribution in [0.15, 0.2) is 52.1 Å². The van der Waals surface area contributed by atoms with Crippen molar-refractivity contribution in [3.63, 3.8) is 0 Å². The summed E-state index contributed by atoms with van der Waals surface area (Å²) in [6.07, 6.45) is 1.75. The molecule has 0 aliphatic rings. The largest absolute Gasteiger partial charge is 0.352 e. The summed E-state index contributed by atoms with van der Waals surface area (Å²) in [6, 6.07) is 10.8. The Morgan fingerprint density at radius 2 is 2.05 bits per heavy atom. The minimum absolute atomic E-state index is 0.272. The van der Waals surface area contributed by atoms with E-state index in [1.807, 2.05) is 24.3 Å². The number of hydrogen-bond donors (Lipinski definition) is 2. The highest BCUT2D eigenvalue weighted by Gasteiger charge is 2.02. The Labute approximate surface area is 131 Å². The molecule has 2 rings (SSSR count). The van der Waals surface area contributed by atoms with Crippen LogP contribution in [0.4, 0.5) is 4.39 Å². The van der Waals surface area contributed by atoms with Crippen molar-refractivity contribution in [2.24, 2.45) is 4.99 Å². The predicted molar refractivity (Wildman–Crippen MR) is 85.4 cm³/mol. The Morgan fingerprint density at radius 3 is 2.71 bits per heavy atom. The van der Waals surface area contributed by atoms with E-state index >= 15 is 0 Å². The number of rotatable bonds is 4. The van der Waals surface area contributed by atoms with E-state index in [1.54, 1.807) is 19.3 Å². The Morgan fingerprint density at radius 1 is 1.24 bits per heavy atom. The molecule has 0 spiro atoms. The summed E-state index contributed by atoms with van der Waals surface area (Å²) in [5.74, 6) is 0.370. The van der Waals surface area contributed by atoms with Gasteiger partial charge in [0, 0.05) is 19.8 Å². The fourth-order valence-electron chi connectivity index (χ4n) is 1.73. The van der Waals surface area contributed by atoms with Gasteiger partial charge in [-0.1, -0.05) is 12.1 Å². The number of aliphatic imine (C=N–C) groups is 1. The van der Waals surface area contributed by atoms with Gasteiger partial charge in [0.15, 0.2) is 5.96 Å². The highest BCUT2D eigenvalue weighted by Crippen LogP contribution is 2.16. The van der Waals surface area contributed by atoms with E-state index in [2.05, 4.69) is 36.5 Å². The molecule has 2 N–H and O–H groups in total. The van der Waals surface area contributed by atoms with Crippen LogP contribution in [0.3, 0.4) is 0 Å². The van der Waals surface area contributed by atoms with Gasteiger partial charge in [-0.3, -0.25) is 9.98 Å². The number of hydrogen-bond acceptors (Lipinski definition) is 2. The van der Waals surface area contributed by atoms with E-state index in [-0.39, 0.29) is 5.82 Å². The van der Waals surface area contributed by atoms with E-state index in [0.717, 1.165) is 11.3 Å². The van der Waals surface area contributed by atoms with Gasteiger partial charge in [0.1, 0.15) is 5.82 Å². The highest BCUT2D eigenvalue weighted by atomic mass is 79.9. The molecule has 0 aliphatic heterocycles. The maximum Gasteiger partial charge on any atom is 0.191 e. The van der Waals surface area contributed by atoms with Crippen molar-refractivity contribution in [1.29, 1.82) is 0 Å². The molecule has 0 saturated heterocycles. The number of benzene rings is 1. The zero-order valence-electron chi connectivity index (χ0n) is 11.6. The van der Waals surface area contributed by atoms with Crippen LogP contribution in [0.1, 0.15) is 11.3 Å². The lowest BCUT2D eigenvalue weighted by Gasteiger charge is -2.12. The lowest BCUT2D eigenvalue weighted by atomic mass is 10.2. The maximum atomic E-state index is 13.4. The fraction of sp³-hybridized carbons (Fsp3) is 0.200. The van der Waals surface area contributed by atoms with Crippen LogP contribution < -0.4 is 10.6 Å². The zero-order valence-corrected chi connectivity index (χ0v) is 13.2. The highest BCUT2D eigenvalue weighted by molar-refractivity contribution is 9.10. The second kappa shape index (κ2) is 7.73. The molecule has 0 unspecified atom stereocenters. The third-order valence-electron chi connectivity index (χ3n) is 2.83. The molecule has 1 aromatic carbocycles. The smallest absolute Gasteiger partial charge is 0.191 e. The van der Waals surface area contributed by atoms with Crippen LogP contribution >= 0.6 is 15.9 Å². The Hall–Kier alpha value is -1.95. The monoisotopic (exact) mass is 350 g/mol. The van der Waals surface area contributed by atoms with Gasteiger partial charge in [-0.15, -0.1) is 0 Å². The first-order valence-electron chi connectivity index (χ1n) is 6.47. The lowest BCUT2D eigenvalue weighted by molar-refractivity contribution is 0.617. The molecule has 1 aromatic heterocycles. The van der Waals surface area contributed by atoms with Crippen LogP contribution in [-0.2, 0) is 13.1 Å². The number of pyridine rings is 1. The number of nitrogens with zero attached hydrogens (tertiary/aromatic N) is 2. The molecule has 4 nitrogen and oxygen atoms in total. The maximum absolute atomic E-state index is 13.4. The molecular weight excluding hydrogens is 335 g/mol. The molecule has 0 bridgehead atoms. The molecule has 21 heavy (non-hydrogen) atoms. The van der Waals surface area contributed by atoms with Gasteiger partial charge in [0.05, 0.1) is 16.7 Å². The first-order valence-corrected chi connectivity index (χ1v) is 7.26. The molecule has 0 aliphatic carbocycles. The summed E-state index contributed by atoms with van der Waals surface area (Å²) in [6.45, 7) is 1.07. The molecule has 6 heteroatoms. The molecule has 1 heterocycles. The predicted octanol–water partition coefficient (Wildman–Crippen LogP) is 2.85. The van der Waals surface area contributed by atoms with E-state index in [4.69, 9.17) is 0 Å². The normalized spacial score (nSPS) is 11.3. The third kappa shape index (κ3) is 4.82. The average Bonchev–Trinajstić information content (AvgIpc) is 2.52. The van der Waals surface area contributed by atoms with Crippen LogP contribution in [0.2, 0.25) is 0 Å². The second-order valence-electron chi connectivity index (χ2n) is 4.35. The molecule has 0 amide bonds. The SMILES string of the molecule is CN=C(NCc1ccc(Br)c(F)c1)NCc1ccccn1. The molecule has 0 radical (unpaired) electrons. The summed E-state index contributed by atoms with van der Waals surface area (Å²) in [5.41, 5.74) is 1.77. The van der Waals surface area contributed by atoms with Crippen molar-refractivity contribution >= 4 is 21.9 Å². The van der Waals surface area contributed by atoms with Crippen LogP contribution in [0.25, 0.3) is 0 Å². The number of nitrogens with one attached hydrogen (secondary N) is 2. The first-order chi connectivity index (χ1) is 10.2. The number of aromatic nitrogens is 1. The van der Waals surface area contributed by atoms with Crippen LogP contribution in [-0.4, -0.2) is 18.0 Å². The van der Waals surface area contributed by atoms with E-state index in [9.17, 15) is 4.39 Å². The van der Waals surface area contributed by atoms with Crippen molar-refractivity contribution < 1.29 is 4.39 Å². The van der Waals surface area contributed by atoms with E-state index in [1.165, 1.54) is 6.07 Å². The molecule has 2 aromatic rings. The van der Waals surface area contributed by atoms with Crippen molar-refractivity contribution in [1.82, 2.24) is 15.6 Å². The van der Waals surface area contributed by atoms with Gasteiger partial charge in [-0.05, 0) is 45.8 Å². The summed E-state index contributed by atoms with van der Waals surface area (Å²) in [7, 11) is 1.69. The quantitative estimate of drug-likeness (QED) is 0.658.